The highest BCUT2D eigenvalue weighted by atomic mass is 16.3. The van der Waals surface area contributed by atoms with Crippen LogP contribution in [0.1, 0.15) is 5.56 Å². The predicted molar refractivity (Wildman–Crippen MR) is 62.5 cm³/mol. The van der Waals surface area contributed by atoms with Crippen LogP contribution >= 0.6 is 0 Å². The van der Waals surface area contributed by atoms with Crippen LogP contribution in [0.5, 0.6) is 0 Å². The summed E-state index contributed by atoms with van der Waals surface area (Å²) in [6, 6.07) is 10.6. The molecule has 1 heterocycles. The van der Waals surface area contributed by atoms with E-state index in [4.69, 9.17) is 4.42 Å². The van der Waals surface area contributed by atoms with Crippen LogP contribution in [0.3, 0.4) is 0 Å². The number of carbonyl (C=O) groups is 1. The molecule has 0 saturated heterocycles. The van der Waals surface area contributed by atoms with Crippen LogP contribution in [0.2, 0.25) is 0 Å². The molecule has 2 rings (SSSR count). The second kappa shape index (κ2) is 4.53. The number of hydrogen-bond acceptors (Lipinski definition) is 2. The number of anilines is 2. The van der Waals surface area contributed by atoms with Crippen molar-refractivity contribution >= 4 is 17.6 Å². The van der Waals surface area contributed by atoms with Gasteiger partial charge < -0.3 is 9.73 Å². The molecule has 0 saturated carbocycles. The smallest absolute Gasteiger partial charge is 0.326 e. The summed E-state index contributed by atoms with van der Waals surface area (Å²) in [5, 5.41) is 5.27. The molecule has 0 spiro atoms. The third-order valence-electron chi connectivity index (χ3n) is 2.07. The quantitative estimate of drug-likeness (QED) is 0.809. The van der Waals surface area contributed by atoms with Gasteiger partial charge in [-0.2, -0.15) is 0 Å². The molecule has 0 aliphatic heterocycles. The second-order valence-corrected chi connectivity index (χ2v) is 3.42. The van der Waals surface area contributed by atoms with Crippen molar-refractivity contribution in [3.8, 4) is 0 Å². The fraction of sp³-hybridized carbons (Fsp3) is 0.0833. The number of rotatable bonds is 2. The van der Waals surface area contributed by atoms with Gasteiger partial charge in [-0.15, -0.1) is 0 Å². The summed E-state index contributed by atoms with van der Waals surface area (Å²) in [5.74, 6) is 0.421. The van der Waals surface area contributed by atoms with Gasteiger partial charge in [0.1, 0.15) is 0 Å². The molecular weight excluding hydrogens is 204 g/mol. The second-order valence-electron chi connectivity index (χ2n) is 3.42. The number of furan rings is 1. The first-order valence-corrected chi connectivity index (χ1v) is 4.92. The molecule has 2 amide bonds. The maximum absolute atomic E-state index is 11.5. The number of benzene rings is 1. The largest absolute Gasteiger partial charge is 0.449 e. The average Bonchev–Trinajstić information content (AvgIpc) is 2.74. The van der Waals surface area contributed by atoms with Crippen LogP contribution in [0.15, 0.2) is 47.1 Å². The Morgan fingerprint density at radius 1 is 1.12 bits per heavy atom. The molecule has 0 aliphatic carbocycles. The molecule has 2 N–H and O–H groups in total. The van der Waals surface area contributed by atoms with E-state index in [1.165, 1.54) is 6.26 Å². The molecular formula is C12H12N2O2. The molecule has 0 aliphatic rings. The minimum absolute atomic E-state index is 0.321. The molecule has 2 aromatic rings. The summed E-state index contributed by atoms with van der Waals surface area (Å²) in [4.78, 5) is 11.5. The maximum Gasteiger partial charge on any atom is 0.326 e. The Balaban J connectivity index is 1.95. The van der Waals surface area contributed by atoms with Gasteiger partial charge in [0.15, 0.2) is 0 Å². The third-order valence-corrected chi connectivity index (χ3v) is 2.07. The zero-order chi connectivity index (χ0) is 11.4. The monoisotopic (exact) mass is 216 g/mol. The summed E-state index contributed by atoms with van der Waals surface area (Å²) < 4.78 is 4.99. The maximum atomic E-state index is 11.5. The van der Waals surface area contributed by atoms with Gasteiger partial charge in [-0.05, 0) is 25.1 Å². The average molecular weight is 216 g/mol. The summed E-state index contributed by atoms with van der Waals surface area (Å²) in [6.07, 6.45) is 1.50. The van der Waals surface area contributed by atoms with Gasteiger partial charge in [0, 0.05) is 11.8 Å². The van der Waals surface area contributed by atoms with E-state index in [1.54, 1.807) is 12.1 Å². The highest BCUT2D eigenvalue weighted by Gasteiger charge is 2.03. The van der Waals surface area contributed by atoms with E-state index >= 15 is 0 Å². The van der Waals surface area contributed by atoms with Crippen LogP contribution in [0.4, 0.5) is 16.4 Å². The molecule has 0 atom stereocenters. The number of aryl methyl sites for hydroxylation is 1. The first kappa shape index (κ1) is 10.3. The van der Waals surface area contributed by atoms with E-state index < -0.39 is 0 Å². The van der Waals surface area contributed by atoms with Gasteiger partial charge in [0.2, 0.25) is 5.88 Å². The van der Waals surface area contributed by atoms with E-state index in [0.29, 0.717) is 5.88 Å². The normalized spacial score (nSPS) is 9.81. The van der Waals surface area contributed by atoms with Crippen LogP contribution in [0.25, 0.3) is 0 Å². The summed E-state index contributed by atoms with van der Waals surface area (Å²) in [7, 11) is 0. The molecule has 0 fully saturated rings. The van der Waals surface area contributed by atoms with Gasteiger partial charge in [0.25, 0.3) is 0 Å². The Hall–Kier alpha value is -2.23. The van der Waals surface area contributed by atoms with Gasteiger partial charge in [-0.25, -0.2) is 4.79 Å². The van der Waals surface area contributed by atoms with Gasteiger partial charge in [0.05, 0.1) is 6.26 Å². The number of carbonyl (C=O) groups excluding carboxylic acids is 1. The number of nitrogens with one attached hydrogen (secondary N) is 2. The highest BCUT2D eigenvalue weighted by molar-refractivity contribution is 5.98. The number of urea groups is 1. The van der Waals surface area contributed by atoms with E-state index in [0.717, 1.165) is 11.3 Å². The lowest BCUT2D eigenvalue weighted by atomic mass is 10.2. The Labute approximate surface area is 93.3 Å². The molecule has 1 aromatic heterocycles. The summed E-state index contributed by atoms with van der Waals surface area (Å²) >= 11 is 0. The molecule has 82 valence electrons. The topological polar surface area (TPSA) is 54.3 Å². The lowest BCUT2D eigenvalue weighted by Gasteiger charge is -2.05. The summed E-state index contributed by atoms with van der Waals surface area (Å²) in [5.41, 5.74) is 1.90. The van der Waals surface area contributed by atoms with Crippen LogP contribution in [0, 0.1) is 6.92 Å². The van der Waals surface area contributed by atoms with Crippen molar-refractivity contribution in [3.63, 3.8) is 0 Å². The molecule has 0 unspecified atom stereocenters. The highest BCUT2D eigenvalue weighted by Crippen LogP contribution is 2.10. The fourth-order valence-electron chi connectivity index (χ4n) is 1.26. The van der Waals surface area contributed by atoms with E-state index in [-0.39, 0.29) is 6.03 Å². The fourth-order valence-corrected chi connectivity index (χ4v) is 1.26. The van der Waals surface area contributed by atoms with Crippen molar-refractivity contribution in [3.05, 3.63) is 48.2 Å². The van der Waals surface area contributed by atoms with Crippen molar-refractivity contribution < 1.29 is 9.21 Å². The third kappa shape index (κ3) is 2.63. The van der Waals surface area contributed by atoms with Crippen LogP contribution in [-0.4, -0.2) is 6.03 Å². The standard InChI is InChI=1S/C12H12N2O2/c1-9-4-6-10(7-5-9)13-12(15)14-11-3-2-8-16-11/h2-8H,1H3,(H2,13,14,15). The Bertz CT molecular complexity index is 460. The molecule has 16 heavy (non-hydrogen) atoms. The predicted octanol–water partition coefficient (Wildman–Crippen LogP) is 3.23. The Morgan fingerprint density at radius 2 is 1.88 bits per heavy atom. The lowest BCUT2D eigenvalue weighted by Crippen LogP contribution is -2.18. The zero-order valence-electron chi connectivity index (χ0n) is 8.86. The minimum atomic E-state index is -0.321. The first-order chi connectivity index (χ1) is 7.74. The van der Waals surface area contributed by atoms with E-state index in [9.17, 15) is 4.79 Å². The Morgan fingerprint density at radius 3 is 2.50 bits per heavy atom. The summed E-state index contributed by atoms with van der Waals surface area (Å²) in [6.45, 7) is 1.99. The SMILES string of the molecule is Cc1ccc(NC(=O)Nc2ccco2)cc1. The van der Waals surface area contributed by atoms with Gasteiger partial charge in [-0.3, -0.25) is 5.32 Å². The minimum Gasteiger partial charge on any atom is -0.449 e. The van der Waals surface area contributed by atoms with Crippen molar-refractivity contribution in [2.75, 3.05) is 10.6 Å². The molecule has 0 bridgehead atoms. The number of amides is 2. The van der Waals surface area contributed by atoms with Crippen LogP contribution in [-0.2, 0) is 0 Å². The van der Waals surface area contributed by atoms with E-state index in [2.05, 4.69) is 10.6 Å². The van der Waals surface area contributed by atoms with Gasteiger partial charge >= 0.3 is 6.03 Å². The zero-order valence-corrected chi connectivity index (χ0v) is 8.86. The van der Waals surface area contributed by atoms with Crippen molar-refractivity contribution in [2.24, 2.45) is 0 Å². The lowest BCUT2D eigenvalue weighted by molar-refractivity contribution is 0.261. The molecule has 1 aromatic carbocycles. The van der Waals surface area contributed by atoms with Crippen molar-refractivity contribution in [1.29, 1.82) is 0 Å². The van der Waals surface area contributed by atoms with Crippen molar-refractivity contribution in [2.45, 2.75) is 6.92 Å². The van der Waals surface area contributed by atoms with E-state index in [1.807, 2.05) is 31.2 Å². The van der Waals surface area contributed by atoms with Gasteiger partial charge in [-0.1, -0.05) is 17.7 Å². The Kier molecular flexibility index (Phi) is 2.91. The molecule has 0 radical (unpaired) electrons. The molecule has 4 nitrogen and oxygen atoms in total. The number of hydrogen-bond donors (Lipinski definition) is 2. The van der Waals surface area contributed by atoms with Crippen LogP contribution < -0.4 is 10.6 Å². The first-order valence-electron chi connectivity index (χ1n) is 4.92. The van der Waals surface area contributed by atoms with Crippen molar-refractivity contribution in [1.82, 2.24) is 0 Å². The molecule has 4 heteroatoms.